The number of hydrogen-bond donors (Lipinski definition) is 0. The molecule has 51 heavy (non-hydrogen) atoms. The molecule has 0 saturated carbocycles. The zero-order valence-electron chi connectivity index (χ0n) is 36.5. The predicted octanol–water partition coefficient (Wildman–Crippen LogP) is 20.0. The molecule has 0 nitrogen and oxygen atoms in total. The van der Waals surface area contributed by atoms with E-state index >= 15 is 0 Å². The second-order valence-corrected chi connectivity index (χ2v) is 17.4. The molecular weight excluding hydrogens is 613 g/mol. The third kappa shape index (κ3) is 50.0. The SMILES string of the molecule is CCCCCCCCCCCCCCCCCCCCCCC[CH]CCCCCCCCCCCCCCCCCCCCCCCCCCC. The van der Waals surface area contributed by atoms with Gasteiger partial charge in [0.15, 0.2) is 0 Å². The second-order valence-electron chi connectivity index (χ2n) is 17.4. The quantitative estimate of drug-likeness (QED) is 0.0550. The fourth-order valence-corrected chi connectivity index (χ4v) is 8.29. The minimum Gasteiger partial charge on any atom is -0.0654 e. The molecule has 1 radical (unpaired) electrons. The average Bonchev–Trinajstić information content (AvgIpc) is 3.14. The molecule has 0 heteroatoms. The first kappa shape index (κ1) is 51.0. The van der Waals surface area contributed by atoms with E-state index in [0.29, 0.717) is 0 Å². The molecule has 0 aliphatic heterocycles. The number of hydrogen-bond acceptors (Lipinski definition) is 0. The van der Waals surface area contributed by atoms with Crippen molar-refractivity contribution in [2.24, 2.45) is 0 Å². The van der Waals surface area contributed by atoms with Crippen LogP contribution in [0.4, 0.5) is 0 Å². The second kappa shape index (κ2) is 50.0. The van der Waals surface area contributed by atoms with E-state index in [1.54, 1.807) is 0 Å². The van der Waals surface area contributed by atoms with Crippen LogP contribution in [0, 0.1) is 6.42 Å². The normalized spacial score (nSPS) is 11.6. The Morgan fingerprint density at radius 3 is 0.412 bits per heavy atom. The van der Waals surface area contributed by atoms with Crippen LogP contribution in [0.15, 0.2) is 0 Å². The van der Waals surface area contributed by atoms with Crippen LogP contribution in [-0.2, 0) is 0 Å². The van der Waals surface area contributed by atoms with Crippen LogP contribution < -0.4 is 0 Å². The summed E-state index contributed by atoms with van der Waals surface area (Å²) in [6.07, 6.45) is 73.4. The first-order valence-corrected chi connectivity index (χ1v) is 25.2. The van der Waals surface area contributed by atoms with Crippen molar-refractivity contribution in [3.63, 3.8) is 0 Å². The van der Waals surface area contributed by atoms with Gasteiger partial charge in [0.25, 0.3) is 0 Å². The molecule has 0 N–H and O–H groups in total. The highest BCUT2D eigenvalue weighted by Gasteiger charge is 1.99. The van der Waals surface area contributed by atoms with Gasteiger partial charge in [0.05, 0.1) is 0 Å². The van der Waals surface area contributed by atoms with Crippen molar-refractivity contribution < 1.29 is 0 Å². The molecule has 0 unspecified atom stereocenters. The standard InChI is InChI=1S/C51H103/c1-3-5-7-9-11-13-15-17-19-21-23-25-27-29-31-33-35-37-39-41-43-45-47-49-51-50-48-46-44-42-40-38-36-34-32-30-28-26-24-22-20-18-16-14-12-10-8-6-4-2/h47H,3-46,48-51H2,1-2H3. The van der Waals surface area contributed by atoms with Crippen LogP contribution in [-0.4, -0.2) is 0 Å². The summed E-state index contributed by atoms with van der Waals surface area (Å²) in [6, 6.07) is 0. The molecule has 0 aromatic rings. The highest BCUT2D eigenvalue weighted by Crippen LogP contribution is 2.18. The fourth-order valence-electron chi connectivity index (χ4n) is 8.29. The lowest BCUT2D eigenvalue weighted by atomic mass is 10.0. The van der Waals surface area contributed by atoms with Crippen molar-refractivity contribution >= 4 is 0 Å². The van der Waals surface area contributed by atoms with Crippen molar-refractivity contribution in [3.05, 3.63) is 6.42 Å². The summed E-state index contributed by atoms with van der Waals surface area (Å²) >= 11 is 0. The van der Waals surface area contributed by atoms with Crippen LogP contribution in [0.3, 0.4) is 0 Å². The van der Waals surface area contributed by atoms with Gasteiger partial charge in [-0.3, -0.25) is 0 Å². The zero-order chi connectivity index (χ0) is 36.6. The zero-order valence-corrected chi connectivity index (χ0v) is 36.5. The van der Waals surface area contributed by atoms with Crippen molar-refractivity contribution in [1.29, 1.82) is 0 Å². The summed E-state index contributed by atoms with van der Waals surface area (Å²) < 4.78 is 0. The smallest absolute Gasteiger partial charge is 0.0386 e. The molecule has 0 amide bonds. The summed E-state index contributed by atoms with van der Waals surface area (Å²) in [6.45, 7) is 4.62. The third-order valence-corrected chi connectivity index (χ3v) is 12.0. The van der Waals surface area contributed by atoms with Crippen LogP contribution in [0.5, 0.6) is 0 Å². The molecule has 0 spiro atoms. The average molecular weight is 716 g/mol. The maximum absolute atomic E-state index is 2.61. The van der Waals surface area contributed by atoms with Crippen LogP contribution in [0.1, 0.15) is 322 Å². The number of rotatable bonds is 48. The van der Waals surface area contributed by atoms with Crippen LogP contribution in [0.2, 0.25) is 0 Å². The van der Waals surface area contributed by atoms with Crippen molar-refractivity contribution in [3.8, 4) is 0 Å². The van der Waals surface area contributed by atoms with E-state index in [2.05, 4.69) is 20.3 Å². The van der Waals surface area contributed by atoms with Gasteiger partial charge in [-0.15, -0.1) is 0 Å². The first-order chi connectivity index (χ1) is 25.4. The molecule has 0 heterocycles. The molecule has 0 saturated heterocycles. The Morgan fingerprint density at radius 2 is 0.275 bits per heavy atom. The Kier molecular flexibility index (Phi) is 50.0. The van der Waals surface area contributed by atoms with E-state index < -0.39 is 0 Å². The lowest BCUT2D eigenvalue weighted by molar-refractivity contribution is 0.515. The van der Waals surface area contributed by atoms with Crippen LogP contribution in [0.25, 0.3) is 0 Å². The largest absolute Gasteiger partial charge is 0.0654 e. The minimum atomic E-state index is 1.37. The predicted molar refractivity (Wildman–Crippen MR) is 237 cm³/mol. The molecule has 0 aliphatic rings. The summed E-state index contributed by atoms with van der Waals surface area (Å²) in [5, 5.41) is 0. The Bertz CT molecular complexity index is 502. The molecule has 307 valence electrons. The van der Waals surface area contributed by atoms with Gasteiger partial charge < -0.3 is 0 Å². The van der Waals surface area contributed by atoms with Crippen molar-refractivity contribution in [1.82, 2.24) is 0 Å². The third-order valence-electron chi connectivity index (χ3n) is 12.0. The molecule has 0 atom stereocenters. The summed E-state index contributed by atoms with van der Waals surface area (Å²) in [5.74, 6) is 0. The van der Waals surface area contributed by atoms with E-state index in [-0.39, 0.29) is 0 Å². The maximum atomic E-state index is 2.61. The first-order valence-electron chi connectivity index (χ1n) is 25.2. The molecule has 0 bridgehead atoms. The van der Waals surface area contributed by atoms with Gasteiger partial charge >= 0.3 is 0 Å². The lowest BCUT2D eigenvalue weighted by Crippen LogP contribution is -1.85. The van der Waals surface area contributed by atoms with Crippen molar-refractivity contribution in [2.75, 3.05) is 0 Å². The fraction of sp³-hybridized carbons (Fsp3) is 0.980. The van der Waals surface area contributed by atoms with Gasteiger partial charge in [0.1, 0.15) is 0 Å². The lowest BCUT2D eigenvalue weighted by Gasteiger charge is -2.05. The van der Waals surface area contributed by atoms with Gasteiger partial charge in [0, 0.05) is 0 Å². The molecule has 0 aromatic carbocycles. The van der Waals surface area contributed by atoms with Gasteiger partial charge in [0.2, 0.25) is 0 Å². The Labute approximate surface area is 327 Å². The summed E-state index contributed by atoms with van der Waals surface area (Å²) in [7, 11) is 0. The van der Waals surface area contributed by atoms with Gasteiger partial charge in [-0.1, -0.05) is 322 Å². The summed E-state index contributed by atoms with van der Waals surface area (Å²) in [4.78, 5) is 0. The van der Waals surface area contributed by atoms with E-state index in [1.807, 2.05) is 0 Å². The van der Waals surface area contributed by atoms with E-state index in [4.69, 9.17) is 0 Å². The molecular formula is C51H103. The maximum Gasteiger partial charge on any atom is -0.0386 e. The van der Waals surface area contributed by atoms with E-state index in [0.717, 1.165) is 0 Å². The highest BCUT2D eigenvalue weighted by molar-refractivity contribution is 4.65. The highest BCUT2D eigenvalue weighted by atomic mass is 14.1. The van der Waals surface area contributed by atoms with Gasteiger partial charge in [-0.05, 0) is 6.42 Å². The molecule has 0 aromatic heterocycles. The van der Waals surface area contributed by atoms with E-state index in [9.17, 15) is 0 Å². The number of unbranched alkanes of at least 4 members (excludes halogenated alkanes) is 48. The Morgan fingerprint density at radius 1 is 0.157 bits per heavy atom. The topological polar surface area (TPSA) is 0 Å². The van der Waals surface area contributed by atoms with Crippen LogP contribution >= 0.6 is 0 Å². The monoisotopic (exact) mass is 716 g/mol. The Balaban J connectivity index is 3.04. The van der Waals surface area contributed by atoms with Crippen molar-refractivity contribution in [2.45, 2.75) is 322 Å². The summed E-state index contributed by atoms with van der Waals surface area (Å²) in [5.41, 5.74) is 0. The van der Waals surface area contributed by atoms with Gasteiger partial charge in [-0.25, -0.2) is 0 Å². The molecule has 0 aliphatic carbocycles. The minimum absolute atomic E-state index is 1.37. The van der Waals surface area contributed by atoms with Gasteiger partial charge in [-0.2, -0.15) is 0 Å². The Hall–Kier alpha value is 0. The molecule has 0 rings (SSSR count). The van der Waals surface area contributed by atoms with E-state index in [1.165, 1.54) is 308 Å². The molecule has 0 fully saturated rings.